The van der Waals surface area contributed by atoms with Gasteiger partial charge in [-0.1, -0.05) is 0 Å². The van der Waals surface area contributed by atoms with Gasteiger partial charge in [0.2, 0.25) is 5.88 Å². The molecule has 1 aromatic carbocycles. The van der Waals surface area contributed by atoms with Gasteiger partial charge in [-0.15, -0.1) is 0 Å². The van der Waals surface area contributed by atoms with Gasteiger partial charge in [0.15, 0.2) is 5.65 Å². The van der Waals surface area contributed by atoms with E-state index >= 15 is 0 Å². The van der Waals surface area contributed by atoms with E-state index in [1.807, 2.05) is 0 Å². The van der Waals surface area contributed by atoms with Crippen molar-refractivity contribution in [1.29, 1.82) is 0 Å². The van der Waals surface area contributed by atoms with Crippen molar-refractivity contribution < 1.29 is 27.2 Å². The maximum absolute atomic E-state index is 13.0. The molecule has 4 heterocycles. The van der Waals surface area contributed by atoms with E-state index < -0.39 is 32.1 Å². The van der Waals surface area contributed by atoms with E-state index in [9.17, 15) is 4.79 Å². The number of aromatic nitrogens is 3. The van der Waals surface area contributed by atoms with E-state index in [1.165, 1.54) is 4.90 Å². The van der Waals surface area contributed by atoms with Crippen LogP contribution in [-0.4, -0.2) is 71.3 Å². The van der Waals surface area contributed by atoms with E-state index in [4.69, 9.17) is 22.4 Å². The molecule has 0 radical (unpaired) electrons. The molecule has 1 fully saturated rings. The summed E-state index contributed by atoms with van der Waals surface area (Å²) in [4.78, 5) is 19.0. The van der Waals surface area contributed by atoms with Gasteiger partial charge in [-0.25, -0.2) is 4.52 Å². The van der Waals surface area contributed by atoms with E-state index in [2.05, 4.69) is 15.4 Å². The summed E-state index contributed by atoms with van der Waals surface area (Å²) in [6, 6.07) is 6.14. The molecule has 3 aromatic rings. The van der Waals surface area contributed by atoms with Gasteiger partial charge < -0.3 is 24.4 Å². The molecule has 2 atom stereocenters. The number of anilines is 1. The Balaban J connectivity index is 1.53. The lowest BCUT2D eigenvalue weighted by atomic mass is 10.1. The van der Waals surface area contributed by atoms with Crippen LogP contribution >= 0.6 is 0 Å². The number of amides is 1. The highest BCUT2D eigenvalue weighted by atomic mass is 16.5. The Morgan fingerprint density at radius 3 is 3.20 bits per heavy atom. The molecule has 0 unspecified atom stereocenters. The first-order chi connectivity index (χ1) is 16.9. The standard InChI is InChI=1S/C21H23N5O4/c1-28-16-8-13-7-14(9-16)22-4-6-25-15(10-18(29-2)21(25)27)12-30-19-3-5-26-20(24-19)17(13)11-23-26/h3,5,7-9,11,15,18,22H,4,6,10,12H2,1-2H3/t15-,18+/m0/s1/i1D3,2D3. The number of fused-ring (bicyclic) bond motifs is 5. The summed E-state index contributed by atoms with van der Waals surface area (Å²) in [7, 11) is -5.35. The minimum Gasteiger partial charge on any atom is -0.497 e. The first kappa shape index (κ1) is 13.1. The number of ether oxygens (including phenoxy) is 3. The number of nitrogens with zero attached hydrogens (tertiary/aromatic N) is 4. The summed E-state index contributed by atoms with van der Waals surface area (Å²) in [5.74, 6) is -0.0208. The van der Waals surface area contributed by atoms with Gasteiger partial charge in [0.05, 0.1) is 27.5 Å². The molecule has 0 aliphatic carbocycles. The molecule has 9 nitrogen and oxygen atoms in total. The van der Waals surface area contributed by atoms with Crippen LogP contribution in [0.1, 0.15) is 14.6 Å². The van der Waals surface area contributed by atoms with E-state index in [0.717, 1.165) is 0 Å². The van der Waals surface area contributed by atoms with Crippen molar-refractivity contribution in [1.82, 2.24) is 19.5 Å². The normalized spacial score (nSPS) is 24.9. The summed E-state index contributed by atoms with van der Waals surface area (Å²) >= 11 is 0. The van der Waals surface area contributed by atoms with E-state index in [1.54, 1.807) is 41.2 Å². The van der Waals surface area contributed by atoms with Gasteiger partial charge in [0.25, 0.3) is 5.91 Å². The molecular formula is C21H23N5O4. The number of nitrogens with one attached hydrogen (secondary N) is 1. The number of methoxy groups -OCH3 is 2. The molecule has 0 spiro atoms. The molecule has 1 amide bonds. The number of hydrogen-bond donors (Lipinski definition) is 1. The Labute approximate surface area is 182 Å². The molecule has 2 aliphatic rings. The van der Waals surface area contributed by atoms with Crippen molar-refractivity contribution in [2.24, 2.45) is 0 Å². The number of benzene rings is 1. The molecule has 4 bridgehead atoms. The van der Waals surface area contributed by atoms with Crippen LogP contribution in [0, 0.1) is 0 Å². The summed E-state index contributed by atoms with van der Waals surface area (Å²) < 4.78 is 62.2. The Hall–Kier alpha value is -3.33. The minimum atomic E-state index is -2.71. The van der Waals surface area contributed by atoms with Crippen molar-refractivity contribution >= 4 is 17.2 Å². The zero-order chi connectivity index (χ0) is 25.7. The summed E-state index contributed by atoms with van der Waals surface area (Å²) in [5.41, 5.74) is 2.30. The quantitative estimate of drug-likeness (QED) is 0.683. The second-order valence-electron chi connectivity index (χ2n) is 7.21. The van der Waals surface area contributed by atoms with Crippen molar-refractivity contribution in [3.63, 3.8) is 0 Å². The highest BCUT2D eigenvalue weighted by molar-refractivity contribution is 5.84. The lowest BCUT2D eigenvalue weighted by Crippen LogP contribution is -2.41. The van der Waals surface area contributed by atoms with Crippen LogP contribution in [0.2, 0.25) is 0 Å². The molecule has 0 saturated carbocycles. The van der Waals surface area contributed by atoms with Crippen LogP contribution < -0.4 is 14.8 Å². The maximum atomic E-state index is 13.0. The molecule has 1 N–H and O–H groups in total. The number of hydrogen-bond acceptors (Lipinski definition) is 7. The first-order valence-electron chi connectivity index (χ1n) is 12.5. The van der Waals surface area contributed by atoms with Crippen LogP contribution in [-0.2, 0) is 9.53 Å². The van der Waals surface area contributed by atoms with Crippen molar-refractivity contribution in [2.75, 3.05) is 39.1 Å². The summed E-state index contributed by atoms with van der Waals surface area (Å²) in [6.07, 6.45) is 2.34. The number of carbonyl (C=O) groups excluding carboxylic acids is 1. The van der Waals surface area contributed by atoms with Gasteiger partial charge >= 0.3 is 0 Å². The molecular weight excluding hydrogens is 386 g/mol. The Morgan fingerprint density at radius 1 is 1.33 bits per heavy atom. The number of carbonyl (C=O) groups is 1. The molecule has 156 valence electrons. The fourth-order valence-corrected chi connectivity index (χ4v) is 3.94. The summed E-state index contributed by atoms with van der Waals surface area (Å²) in [6.45, 7) is 0.631. The predicted octanol–water partition coefficient (Wildman–Crippen LogP) is 1.83. The third-order valence-corrected chi connectivity index (χ3v) is 5.41. The lowest BCUT2D eigenvalue weighted by molar-refractivity contribution is -0.136. The van der Waals surface area contributed by atoms with Gasteiger partial charge in [-0.05, 0) is 17.7 Å². The molecule has 30 heavy (non-hydrogen) atoms. The van der Waals surface area contributed by atoms with E-state index in [-0.39, 0.29) is 25.3 Å². The fraction of sp³-hybridized carbons (Fsp3) is 0.381. The fourth-order valence-electron chi connectivity index (χ4n) is 3.94. The van der Waals surface area contributed by atoms with E-state index in [0.29, 0.717) is 34.9 Å². The monoisotopic (exact) mass is 415 g/mol. The Kier molecular flexibility index (Phi) is 3.26. The Bertz CT molecular complexity index is 1290. The summed E-state index contributed by atoms with van der Waals surface area (Å²) in [5, 5.41) is 7.51. The zero-order valence-corrected chi connectivity index (χ0v) is 15.9. The zero-order valence-electron chi connectivity index (χ0n) is 21.9. The molecule has 2 aromatic heterocycles. The SMILES string of the molecule is [2H]C([2H])([2H])Oc1cc2cc(c1)-c1cnn3ccc(nc13)OC[C@@H]1C[C@@H](OC([2H])([2H])[2H])C(=O)N1CCN2. The van der Waals surface area contributed by atoms with Gasteiger partial charge in [0.1, 0.15) is 18.5 Å². The Morgan fingerprint density at radius 2 is 2.30 bits per heavy atom. The van der Waals surface area contributed by atoms with Crippen LogP contribution in [0.25, 0.3) is 16.8 Å². The maximum Gasteiger partial charge on any atom is 0.252 e. The molecule has 5 rings (SSSR count). The van der Waals surface area contributed by atoms with Crippen LogP contribution in [0.4, 0.5) is 5.69 Å². The predicted molar refractivity (Wildman–Crippen MR) is 110 cm³/mol. The molecule has 9 heteroatoms. The largest absolute Gasteiger partial charge is 0.497 e. The van der Waals surface area contributed by atoms with Gasteiger partial charge in [-0.3, -0.25) is 4.79 Å². The molecule has 1 saturated heterocycles. The third-order valence-electron chi connectivity index (χ3n) is 5.41. The topological polar surface area (TPSA) is 90.2 Å². The minimum absolute atomic E-state index is 0.0983. The van der Waals surface area contributed by atoms with Crippen molar-refractivity contribution in [3.8, 4) is 22.8 Å². The van der Waals surface area contributed by atoms with Crippen molar-refractivity contribution in [3.05, 3.63) is 36.7 Å². The van der Waals surface area contributed by atoms with Gasteiger partial charge in [0, 0.05) is 56.1 Å². The van der Waals surface area contributed by atoms with Crippen LogP contribution in [0.5, 0.6) is 11.6 Å². The number of rotatable bonds is 2. The van der Waals surface area contributed by atoms with Crippen LogP contribution in [0.15, 0.2) is 36.7 Å². The second-order valence-corrected chi connectivity index (χ2v) is 7.21. The van der Waals surface area contributed by atoms with Crippen molar-refractivity contribution in [2.45, 2.75) is 18.6 Å². The van der Waals surface area contributed by atoms with Gasteiger partial charge in [-0.2, -0.15) is 10.1 Å². The average molecular weight is 415 g/mol. The first-order valence-corrected chi connectivity index (χ1v) is 9.49. The lowest BCUT2D eigenvalue weighted by Gasteiger charge is -2.25. The average Bonchev–Trinajstić information content (AvgIpc) is 3.31. The highest BCUT2D eigenvalue weighted by Gasteiger charge is 2.39. The highest BCUT2D eigenvalue weighted by Crippen LogP contribution is 2.32. The smallest absolute Gasteiger partial charge is 0.252 e. The second kappa shape index (κ2) is 7.49. The van der Waals surface area contributed by atoms with Crippen LogP contribution in [0.3, 0.4) is 0 Å². The molecule has 2 aliphatic heterocycles. The third kappa shape index (κ3) is 3.21.